The molecule has 0 aliphatic carbocycles. The maximum atomic E-state index is 3.97. The minimum atomic E-state index is 0.164. The number of thioether (sulfide) groups is 1. The van der Waals surface area contributed by atoms with Crippen molar-refractivity contribution in [2.45, 2.75) is 24.2 Å². The Balaban J connectivity index is 2.97. The van der Waals surface area contributed by atoms with E-state index in [1.165, 1.54) is 20.3 Å². The third-order valence-electron chi connectivity index (χ3n) is 0.989. The molecule has 0 aliphatic rings. The maximum absolute atomic E-state index is 3.97. The number of hydrogen-bond donors (Lipinski definition) is 0. The van der Waals surface area contributed by atoms with Crippen LogP contribution in [0.3, 0.4) is 0 Å². The standard InChI is InChI=1S/C7H14STe/c1-4-5-6-9-7(2)8-3/h2,4-6H2,1,3H3. The SMILES string of the molecule is C=C(SC)[Te]CCCC. The van der Waals surface area contributed by atoms with E-state index in [1.807, 2.05) is 11.8 Å². The van der Waals surface area contributed by atoms with Gasteiger partial charge in [0, 0.05) is 0 Å². The van der Waals surface area contributed by atoms with Crippen LogP contribution in [0, 0.1) is 0 Å². The van der Waals surface area contributed by atoms with Gasteiger partial charge in [-0.1, -0.05) is 0 Å². The Kier molecular flexibility index (Phi) is 7.68. The third-order valence-corrected chi connectivity index (χ3v) is 5.99. The van der Waals surface area contributed by atoms with Crippen molar-refractivity contribution in [2.75, 3.05) is 6.26 Å². The van der Waals surface area contributed by atoms with Crippen molar-refractivity contribution < 1.29 is 0 Å². The molecule has 0 spiro atoms. The number of hydrogen-bond acceptors (Lipinski definition) is 1. The summed E-state index contributed by atoms with van der Waals surface area (Å²) in [5, 5.41) is 0. The monoisotopic (exact) mass is 260 g/mol. The summed E-state index contributed by atoms with van der Waals surface area (Å²) >= 11 is 2.00. The predicted molar refractivity (Wildman–Crippen MR) is 48.1 cm³/mol. The van der Waals surface area contributed by atoms with Crippen molar-refractivity contribution in [1.29, 1.82) is 0 Å². The van der Waals surface area contributed by atoms with Gasteiger partial charge in [0.2, 0.25) is 0 Å². The van der Waals surface area contributed by atoms with Gasteiger partial charge in [-0.25, -0.2) is 0 Å². The second kappa shape index (κ2) is 6.99. The summed E-state index contributed by atoms with van der Waals surface area (Å²) in [4.78, 5) is 0. The van der Waals surface area contributed by atoms with Crippen molar-refractivity contribution in [2.24, 2.45) is 0 Å². The van der Waals surface area contributed by atoms with Crippen LogP contribution in [0.1, 0.15) is 19.8 Å². The van der Waals surface area contributed by atoms with Gasteiger partial charge < -0.3 is 0 Å². The molecular formula is C7H14STe. The molecule has 0 aromatic carbocycles. The molecular weight excluding hydrogens is 244 g/mol. The van der Waals surface area contributed by atoms with Gasteiger partial charge in [0.15, 0.2) is 0 Å². The summed E-state index contributed by atoms with van der Waals surface area (Å²) < 4.78 is 2.90. The van der Waals surface area contributed by atoms with Crippen molar-refractivity contribution in [3.63, 3.8) is 0 Å². The fraction of sp³-hybridized carbons (Fsp3) is 0.714. The number of rotatable bonds is 5. The Morgan fingerprint density at radius 1 is 1.67 bits per heavy atom. The first-order chi connectivity index (χ1) is 4.31. The van der Waals surface area contributed by atoms with Gasteiger partial charge in [-0.15, -0.1) is 0 Å². The predicted octanol–water partition coefficient (Wildman–Crippen LogP) is 2.74. The van der Waals surface area contributed by atoms with Crippen molar-refractivity contribution in [1.82, 2.24) is 0 Å². The van der Waals surface area contributed by atoms with E-state index in [2.05, 4.69) is 19.8 Å². The topological polar surface area (TPSA) is 0 Å². The van der Waals surface area contributed by atoms with Crippen LogP contribution in [-0.4, -0.2) is 27.2 Å². The molecule has 0 heterocycles. The van der Waals surface area contributed by atoms with Gasteiger partial charge >= 0.3 is 72.7 Å². The molecule has 9 heavy (non-hydrogen) atoms. The fourth-order valence-corrected chi connectivity index (χ4v) is 3.96. The molecule has 0 aromatic heterocycles. The van der Waals surface area contributed by atoms with Crippen LogP contribution in [0.5, 0.6) is 0 Å². The first-order valence-corrected chi connectivity index (χ1v) is 7.20. The molecule has 0 aliphatic heterocycles. The minimum absolute atomic E-state index is 0.164. The van der Waals surface area contributed by atoms with E-state index in [9.17, 15) is 0 Å². The van der Waals surface area contributed by atoms with Crippen molar-refractivity contribution in [3.05, 3.63) is 9.53 Å². The van der Waals surface area contributed by atoms with E-state index >= 15 is 0 Å². The van der Waals surface area contributed by atoms with Crippen LogP contribution in [0.2, 0.25) is 4.47 Å². The molecule has 0 radical (unpaired) electrons. The average molecular weight is 258 g/mol. The molecule has 0 saturated carbocycles. The molecule has 0 fully saturated rings. The molecule has 0 rings (SSSR count). The Morgan fingerprint density at radius 3 is 2.78 bits per heavy atom. The van der Waals surface area contributed by atoms with E-state index < -0.39 is 0 Å². The van der Waals surface area contributed by atoms with Crippen molar-refractivity contribution in [3.8, 4) is 0 Å². The Labute approximate surface area is 72.6 Å². The van der Waals surface area contributed by atoms with Crippen LogP contribution >= 0.6 is 11.8 Å². The Morgan fingerprint density at radius 2 is 2.33 bits per heavy atom. The summed E-state index contributed by atoms with van der Waals surface area (Å²) in [7, 11) is 0. The van der Waals surface area contributed by atoms with E-state index in [0.29, 0.717) is 0 Å². The summed E-state index contributed by atoms with van der Waals surface area (Å²) in [6, 6.07) is 0. The van der Waals surface area contributed by atoms with E-state index in [1.54, 1.807) is 0 Å². The summed E-state index contributed by atoms with van der Waals surface area (Å²) in [6.45, 7) is 6.21. The van der Waals surface area contributed by atoms with Crippen LogP contribution in [0.15, 0.2) is 9.53 Å². The normalized spacial score (nSPS) is 9.56. The van der Waals surface area contributed by atoms with Crippen molar-refractivity contribution >= 4 is 32.7 Å². The van der Waals surface area contributed by atoms with E-state index in [4.69, 9.17) is 0 Å². The van der Waals surface area contributed by atoms with Crippen LogP contribution in [-0.2, 0) is 0 Å². The molecule has 0 unspecified atom stereocenters. The molecule has 0 atom stereocenters. The molecule has 0 nitrogen and oxygen atoms in total. The summed E-state index contributed by atoms with van der Waals surface area (Å²) in [5.74, 6) is 0. The molecule has 0 aromatic rings. The van der Waals surface area contributed by atoms with E-state index in [-0.39, 0.29) is 20.9 Å². The molecule has 2 heteroatoms. The van der Waals surface area contributed by atoms with E-state index in [0.717, 1.165) is 0 Å². The Hall–Kier alpha value is 0.880. The average Bonchev–Trinajstić information content (AvgIpc) is 1.89. The first-order valence-electron chi connectivity index (χ1n) is 3.17. The molecule has 0 bridgehead atoms. The zero-order valence-electron chi connectivity index (χ0n) is 6.14. The van der Waals surface area contributed by atoms with Crippen LogP contribution in [0.4, 0.5) is 0 Å². The fourth-order valence-electron chi connectivity index (χ4n) is 0.389. The van der Waals surface area contributed by atoms with Gasteiger partial charge in [-0.05, 0) is 0 Å². The summed E-state index contributed by atoms with van der Waals surface area (Å²) in [5.41, 5.74) is 0. The van der Waals surface area contributed by atoms with Gasteiger partial charge in [-0.2, -0.15) is 0 Å². The van der Waals surface area contributed by atoms with Gasteiger partial charge in [0.1, 0.15) is 0 Å². The van der Waals surface area contributed by atoms with Gasteiger partial charge in [-0.3, -0.25) is 0 Å². The second-order valence-corrected chi connectivity index (χ2v) is 6.88. The zero-order valence-corrected chi connectivity index (χ0v) is 9.29. The zero-order chi connectivity index (χ0) is 7.11. The Bertz CT molecular complexity index is 81.0. The number of unbranched alkanes of at least 4 members (excludes halogenated alkanes) is 1. The quantitative estimate of drug-likeness (QED) is 0.539. The van der Waals surface area contributed by atoms with Crippen LogP contribution < -0.4 is 0 Å². The molecule has 0 saturated heterocycles. The third kappa shape index (κ3) is 6.77. The van der Waals surface area contributed by atoms with Crippen LogP contribution in [0.25, 0.3) is 0 Å². The van der Waals surface area contributed by atoms with Gasteiger partial charge in [0.25, 0.3) is 0 Å². The second-order valence-electron chi connectivity index (χ2n) is 1.78. The molecule has 0 N–H and O–H groups in total. The first kappa shape index (κ1) is 9.88. The van der Waals surface area contributed by atoms with Gasteiger partial charge in [0.05, 0.1) is 0 Å². The molecule has 54 valence electrons. The molecule has 0 amide bonds. The summed E-state index contributed by atoms with van der Waals surface area (Å²) in [6.07, 6.45) is 4.87.